The number of halogens is 1. The highest BCUT2D eigenvalue weighted by molar-refractivity contribution is 7.88. The number of hydrogen-bond donors (Lipinski definition) is 1. The van der Waals surface area contributed by atoms with Crippen LogP contribution >= 0.6 is 11.6 Å². The van der Waals surface area contributed by atoms with Gasteiger partial charge in [-0.25, -0.2) is 12.7 Å². The van der Waals surface area contributed by atoms with Gasteiger partial charge in [-0.05, 0) is 56.5 Å². The Balaban J connectivity index is 1.55. The number of sulfonamides is 1. The maximum Gasteiger partial charge on any atom is 0.227 e. The molecule has 0 spiro atoms. The molecule has 0 saturated carbocycles. The van der Waals surface area contributed by atoms with Gasteiger partial charge in [-0.3, -0.25) is 4.79 Å². The molecule has 162 valence electrons. The molecular formula is C22H27ClN2O4S. The van der Waals surface area contributed by atoms with Crippen LogP contribution in [0.1, 0.15) is 32.3 Å². The van der Waals surface area contributed by atoms with Crippen molar-refractivity contribution in [2.45, 2.75) is 38.5 Å². The Labute approximate surface area is 183 Å². The Morgan fingerprint density at radius 3 is 2.53 bits per heavy atom. The molecule has 8 heteroatoms. The number of rotatable bonds is 7. The molecule has 1 fully saturated rings. The number of nitrogens with one attached hydrogen (secondary N) is 1. The standard InChI is InChI=1S/C22H27ClN2O4S/c1-16(2)29-21-8-4-7-20(14-21)24-22(26)18-9-11-25(12-10-18)30(27,28)15-17-5-3-6-19(23)13-17/h3-8,13-14,16,18H,9-12,15H2,1-2H3,(H,24,26). The second kappa shape index (κ2) is 9.81. The van der Waals surface area contributed by atoms with Gasteiger partial charge in [0.15, 0.2) is 0 Å². The summed E-state index contributed by atoms with van der Waals surface area (Å²) in [7, 11) is -3.45. The highest BCUT2D eigenvalue weighted by atomic mass is 35.5. The number of anilines is 1. The van der Waals surface area contributed by atoms with Crippen LogP contribution in [0.15, 0.2) is 48.5 Å². The number of carbonyl (C=O) groups is 1. The summed E-state index contributed by atoms with van der Waals surface area (Å²) in [6.45, 7) is 4.55. The maximum atomic E-state index is 12.7. The van der Waals surface area contributed by atoms with Gasteiger partial charge >= 0.3 is 0 Å². The molecule has 1 aliphatic rings. The Morgan fingerprint density at radius 2 is 1.87 bits per heavy atom. The molecule has 1 aliphatic heterocycles. The first kappa shape index (κ1) is 22.6. The van der Waals surface area contributed by atoms with Crippen LogP contribution in [0.25, 0.3) is 0 Å². The molecule has 1 N–H and O–H groups in total. The fraction of sp³-hybridized carbons (Fsp3) is 0.409. The number of hydrogen-bond acceptors (Lipinski definition) is 4. The summed E-state index contributed by atoms with van der Waals surface area (Å²) in [4.78, 5) is 12.7. The van der Waals surface area contributed by atoms with E-state index < -0.39 is 10.0 Å². The molecule has 1 heterocycles. The van der Waals surface area contributed by atoms with Crippen molar-refractivity contribution in [2.75, 3.05) is 18.4 Å². The molecule has 0 aromatic heterocycles. The Hall–Kier alpha value is -2.09. The van der Waals surface area contributed by atoms with Gasteiger partial charge in [0, 0.05) is 35.8 Å². The fourth-order valence-electron chi connectivity index (χ4n) is 3.49. The van der Waals surface area contributed by atoms with Crippen molar-refractivity contribution in [1.82, 2.24) is 4.31 Å². The van der Waals surface area contributed by atoms with E-state index in [4.69, 9.17) is 16.3 Å². The third-order valence-corrected chi connectivity index (χ3v) is 7.01. The first-order valence-electron chi connectivity index (χ1n) is 10.0. The molecule has 6 nitrogen and oxygen atoms in total. The SMILES string of the molecule is CC(C)Oc1cccc(NC(=O)C2CCN(S(=O)(=O)Cc3cccc(Cl)c3)CC2)c1. The number of carbonyl (C=O) groups excluding carboxylic acids is 1. The van der Waals surface area contributed by atoms with E-state index in [-0.39, 0.29) is 23.7 Å². The number of nitrogens with zero attached hydrogens (tertiary/aromatic N) is 1. The fourth-order valence-corrected chi connectivity index (χ4v) is 5.25. The maximum absolute atomic E-state index is 12.7. The summed E-state index contributed by atoms with van der Waals surface area (Å²) < 4.78 is 32.6. The molecule has 1 saturated heterocycles. The summed E-state index contributed by atoms with van der Waals surface area (Å²) in [6, 6.07) is 14.2. The van der Waals surface area contributed by atoms with Crippen molar-refractivity contribution in [1.29, 1.82) is 0 Å². The molecule has 30 heavy (non-hydrogen) atoms. The van der Waals surface area contributed by atoms with Crippen LogP contribution in [0.5, 0.6) is 5.75 Å². The van der Waals surface area contributed by atoms with Gasteiger partial charge < -0.3 is 10.1 Å². The molecular weight excluding hydrogens is 424 g/mol. The highest BCUT2D eigenvalue weighted by Gasteiger charge is 2.31. The average molecular weight is 451 g/mol. The van der Waals surface area contributed by atoms with Crippen LogP contribution in [0.4, 0.5) is 5.69 Å². The molecule has 1 amide bonds. The number of piperidine rings is 1. The topological polar surface area (TPSA) is 75.7 Å². The summed E-state index contributed by atoms with van der Waals surface area (Å²) in [5.41, 5.74) is 1.33. The summed E-state index contributed by atoms with van der Waals surface area (Å²) in [6.07, 6.45) is 1.03. The lowest BCUT2D eigenvalue weighted by Crippen LogP contribution is -2.41. The lowest BCUT2D eigenvalue weighted by molar-refractivity contribution is -0.120. The smallest absolute Gasteiger partial charge is 0.227 e. The predicted octanol–water partition coefficient (Wildman–Crippen LogP) is 4.31. The monoisotopic (exact) mass is 450 g/mol. The van der Waals surface area contributed by atoms with Crippen molar-refractivity contribution >= 4 is 33.2 Å². The van der Waals surface area contributed by atoms with Gasteiger partial charge in [-0.2, -0.15) is 0 Å². The third kappa shape index (κ3) is 6.20. The minimum absolute atomic E-state index is 0.0501. The van der Waals surface area contributed by atoms with Gasteiger partial charge in [-0.15, -0.1) is 0 Å². The van der Waals surface area contributed by atoms with Crippen LogP contribution in [0.3, 0.4) is 0 Å². The first-order chi connectivity index (χ1) is 14.2. The zero-order valence-corrected chi connectivity index (χ0v) is 18.7. The molecule has 0 radical (unpaired) electrons. The highest BCUT2D eigenvalue weighted by Crippen LogP contribution is 2.25. The normalized spacial score (nSPS) is 15.9. The van der Waals surface area contributed by atoms with Gasteiger partial charge in [0.25, 0.3) is 0 Å². The van der Waals surface area contributed by atoms with Crippen molar-refractivity contribution in [2.24, 2.45) is 5.92 Å². The third-order valence-electron chi connectivity index (χ3n) is 4.93. The van der Waals surface area contributed by atoms with Gasteiger partial charge in [0.1, 0.15) is 5.75 Å². The summed E-state index contributed by atoms with van der Waals surface area (Å²) in [5, 5.41) is 3.44. The Kier molecular flexibility index (Phi) is 7.39. The zero-order valence-electron chi connectivity index (χ0n) is 17.2. The van der Waals surface area contributed by atoms with Crippen molar-refractivity contribution in [3.05, 3.63) is 59.1 Å². The van der Waals surface area contributed by atoms with Crippen LogP contribution in [0.2, 0.25) is 5.02 Å². The van der Waals surface area contributed by atoms with Crippen molar-refractivity contribution < 1.29 is 17.9 Å². The van der Waals surface area contributed by atoms with Crippen molar-refractivity contribution in [3.8, 4) is 5.75 Å². The van der Waals surface area contributed by atoms with Gasteiger partial charge in [-0.1, -0.05) is 29.8 Å². The Morgan fingerprint density at radius 1 is 1.17 bits per heavy atom. The van der Waals surface area contributed by atoms with E-state index in [1.54, 1.807) is 30.3 Å². The minimum atomic E-state index is -3.45. The lowest BCUT2D eigenvalue weighted by atomic mass is 9.97. The van der Waals surface area contributed by atoms with Crippen LogP contribution in [-0.4, -0.2) is 37.8 Å². The molecule has 2 aromatic rings. The van der Waals surface area contributed by atoms with Crippen LogP contribution in [0, 0.1) is 5.92 Å². The van der Waals surface area contributed by atoms with E-state index in [2.05, 4.69) is 5.32 Å². The quantitative estimate of drug-likeness (QED) is 0.682. The van der Waals surface area contributed by atoms with E-state index >= 15 is 0 Å². The van der Waals surface area contributed by atoms with Crippen LogP contribution in [-0.2, 0) is 20.6 Å². The van der Waals surface area contributed by atoms with E-state index in [9.17, 15) is 13.2 Å². The predicted molar refractivity (Wildman–Crippen MR) is 119 cm³/mol. The van der Waals surface area contributed by atoms with E-state index in [1.807, 2.05) is 32.0 Å². The molecule has 0 bridgehead atoms. The lowest BCUT2D eigenvalue weighted by Gasteiger charge is -2.30. The van der Waals surface area contributed by atoms with E-state index in [0.717, 1.165) is 0 Å². The van der Waals surface area contributed by atoms with Crippen molar-refractivity contribution in [3.63, 3.8) is 0 Å². The summed E-state index contributed by atoms with van der Waals surface area (Å²) in [5.74, 6) is 0.290. The number of amides is 1. The first-order valence-corrected chi connectivity index (χ1v) is 12.0. The molecule has 0 unspecified atom stereocenters. The Bertz CT molecular complexity index is 986. The molecule has 3 rings (SSSR count). The van der Waals surface area contributed by atoms with Gasteiger partial charge in [0.05, 0.1) is 11.9 Å². The average Bonchev–Trinajstić information content (AvgIpc) is 2.67. The van der Waals surface area contributed by atoms with Crippen LogP contribution < -0.4 is 10.1 Å². The second-order valence-electron chi connectivity index (χ2n) is 7.74. The summed E-state index contributed by atoms with van der Waals surface area (Å²) >= 11 is 5.95. The molecule has 2 aromatic carbocycles. The van der Waals surface area contributed by atoms with E-state index in [0.29, 0.717) is 48.0 Å². The number of benzene rings is 2. The number of ether oxygens (including phenoxy) is 1. The molecule has 0 atom stereocenters. The second-order valence-corrected chi connectivity index (χ2v) is 10.1. The zero-order chi connectivity index (χ0) is 21.7. The minimum Gasteiger partial charge on any atom is -0.491 e. The molecule has 0 aliphatic carbocycles. The largest absolute Gasteiger partial charge is 0.491 e. The van der Waals surface area contributed by atoms with E-state index in [1.165, 1.54) is 4.31 Å². The van der Waals surface area contributed by atoms with Gasteiger partial charge in [0.2, 0.25) is 15.9 Å².